The van der Waals surface area contributed by atoms with Gasteiger partial charge in [0.2, 0.25) is 10.0 Å². The van der Waals surface area contributed by atoms with Crippen molar-refractivity contribution in [2.24, 2.45) is 0 Å². The number of rotatable bonds is 4. The van der Waals surface area contributed by atoms with Crippen LogP contribution in [0.5, 0.6) is 0 Å². The predicted octanol–water partition coefficient (Wildman–Crippen LogP) is 2.75. The van der Waals surface area contributed by atoms with E-state index in [1.165, 1.54) is 10.4 Å². The lowest BCUT2D eigenvalue weighted by atomic mass is 10.1. The Hall–Kier alpha value is -2.85. The van der Waals surface area contributed by atoms with Crippen LogP contribution < -0.4 is 9.21 Å². The maximum absolute atomic E-state index is 13.0. The van der Waals surface area contributed by atoms with E-state index < -0.39 is 14.9 Å². The summed E-state index contributed by atoms with van der Waals surface area (Å²) in [5.41, 5.74) is 1.33. The number of nitrogens with zero attached hydrogens (tertiary/aromatic N) is 4. The summed E-state index contributed by atoms with van der Waals surface area (Å²) in [6.45, 7) is 2.08. The average Bonchev–Trinajstić information content (AvgIpc) is 3.12. The van der Waals surface area contributed by atoms with E-state index in [2.05, 4.69) is 0 Å². The Labute approximate surface area is 185 Å². The number of carbonyl (C=O) groups excluding carboxylic acids is 1. The number of carbonyl (C=O) groups is 1. The lowest BCUT2D eigenvalue weighted by molar-refractivity contribution is -0.384. The zero-order chi connectivity index (χ0) is 22.2. The zero-order valence-electron chi connectivity index (χ0n) is 16.6. The Bertz CT molecular complexity index is 1130. The number of sulfonamides is 1. The molecule has 4 rings (SSSR count). The molecule has 0 spiro atoms. The van der Waals surface area contributed by atoms with E-state index in [4.69, 9.17) is 11.6 Å². The molecule has 0 aliphatic carbocycles. The fourth-order valence-corrected chi connectivity index (χ4v) is 5.69. The van der Waals surface area contributed by atoms with Gasteiger partial charge in [0.25, 0.3) is 11.6 Å². The van der Waals surface area contributed by atoms with Gasteiger partial charge in [-0.25, -0.2) is 8.42 Å². The van der Waals surface area contributed by atoms with E-state index in [-0.39, 0.29) is 17.3 Å². The second kappa shape index (κ2) is 8.35. The van der Waals surface area contributed by atoms with Gasteiger partial charge < -0.3 is 9.80 Å². The van der Waals surface area contributed by atoms with Crippen LogP contribution in [0, 0.1) is 10.1 Å². The second-order valence-corrected chi connectivity index (χ2v) is 9.91. The largest absolute Gasteiger partial charge is 0.362 e. The van der Waals surface area contributed by atoms with Gasteiger partial charge in [0.1, 0.15) is 5.69 Å². The van der Waals surface area contributed by atoms with Crippen molar-refractivity contribution in [3.8, 4) is 0 Å². The first-order valence-electron chi connectivity index (χ1n) is 9.85. The van der Waals surface area contributed by atoms with Crippen molar-refractivity contribution in [1.82, 2.24) is 4.90 Å². The quantitative estimate of drug-likeness (QED) is 0.509. The van der Waals surface area contributed by atoms with E-state index in [1.807, 2.05) is 4.90 Å². The highest BCUT2D eigenvalue weighted by atomic mass is 35.5. The van der Waals surface area contributed by atoms with Gasteiger partial charge in [0.15, 0.2) is 0 Å². The molecule has 2 aromatic carbocycles. The molecule has 9 nitrogen and oxygen atoms in total. The maximum Gasteiger partial charge on any atom is 0.294 e. The lowest BCUT2D eigenvalue weighted by Gasteiger charge is -2.36. The van der Waals surface area contributed by atoms with Crippen molar-refractivity contribution < 1.29 is 18.1 Å². The van der Waals surface area contributed by atoms with Crippen molar-refractivity contribution in [3.05, 3.63) is 63.2 Å². The van der Waals surface area contributed by atoms with Crippen LogP contribution in [0.4, 0.5) is 17.1 Å². The van der Waals surface area contributed by atoms with Crippen LogP contribution >= 0.6 is 11.6 Å². The van der Waals surface area contributed by atoms with Gasteiger partial charge in [-0.05, 0) is 36.8 Å². The summed E-state index contributed by atoms with van der Waals surface area (Å²) in [5.74, 6) is -0.0760. The van der Waals surface area contributed by atoms with Crippen LogP contribution in [0.2, 0.25) is 5.02 Å². The highest BCUT2D eigenvalue weighted by molar-refractivity contribution is 7.93. The van der Waals surface area contributed by atoms with Crippen molar-refractivity contribution in [1.29, 1.82) is 0 Å². The van der Waals surface area contributed by atoms with E-state index in [0.717, 1.165) is 0 Å². The van der Waals surface area contributed by atoms with Gasteiger partial charge in [0.05, 0.1) is 16.4 Å². The number of hydrogen-bond acceptors (Lipinski definition) is 6. The summed E-state index contributed by atoms with van der Waals surface area (Å²) in [6, 6.07) is 11.2. The third kappa shape index (κ3) is 4.31. The highest BCUT2D eigenvalue weighted by Gasteiger charge is 2.30. The first-order valence-corrected chi connectivity index (χ1v) is 11.8. The fourth-order valence-electron chi connectivity index (χ4n) is 3.97. The summed E-state index contributed by atoms with van der Waals surface area (Å²) >= 11 is 5.89. The first kappa shape index (κ1) is 21.4. The minimum absolute atomic E-state index is 0.0631. The third-order valence-electron chi connectivity index (χ3n) is 5.52. The average molecular weight is 465 g/mol. The van der Waals surface area contributed by atoms with Crippen molar-refractivity contribution in [2.75, 3.05) is 47.7 Å². The number of halogens is 1. The molecular formula is C20H21ClN4O5S. The molecule has 0 radical (unpaired) electrons. The van der Waals surface area contributed by atoms with Crippen LogP contribution in [0.1, 0.15) is 16.8 Å². The predicted molar refractivity (Wildman–Crippen MR) is 118 cm³/mol. The molecule has 0 saturated carbocycles. The fraction of sp³-hybridized carbons (Fsp3) is 0.350. The minimum Gasteiger partial charge on any atom is -0.362 e. The highest BCUT2D eigenvalue weighted by Crippen LogP contribution is 2.32. The molecule has 2 aromatic rings. The number of amides is 1. The van der Waals surface area contributed by atoms with E-state index in [1.54, 1.807) is 41.3 Å². The second-order valence-electron chi connectivity index (χ2n) is 7.46. The molecule has 0 unspecified atom stereocenters. The smallest absolute Gasteiger partial charge is 0.294 e. The maximum atomic E-state index is 13.0. The van der Waals surface area contributed by atoms with Gasteiger partial charge in [0, 0.05) is 49.4 Å². The summed E-state index contributed by atoms with van der Waals surface area (Å²) in [7, 11) is -3.32. The molecule has 2 aliphatic heterocycles. The van der Waals surface area contributed by atoms with Crippen molar-refractivity contribution in [2.45, 2.75) is 6.42 Å². The molecule has 11 heteroatoms. The Morgan fingerprint density at radius 2 is 1.77 bits per heavy atom. The molecular weight excluding hydrogens is 444 g/mol. The van der Waals surface area contributed by atoms with Gasteiger partial charge in [-0.1, -0.05) is 17.7 Å². The summed E-state index contributed by atoms with van der Waals surface area (Å²) < 4.78 is 25.7. The minimum atomic E-state index is -3.32. The number of piperazine rings is 1. The molecule has 2 heterocycles. The standard InChI is InChI=1S/C20H21ClN4O5S/c21-16-5-6-18(19(14-16)25(27)28)22-8-10-23(11-9-22)20(26)15-3-1-4-17(13-15)24-7-2-12-31(24,29)30/h1,3-6,13-14H,2,7-12H2. The van der Waals surface area contributed by atoms with Gasteiger partial charge >= 0.3 is 0 Å². The SMILES string of the molecule is O=C(c1cccc(N2CCCS2(=O)=O)c1)N1CCN(c2ccc(Cl)cc2[N+](=O)[O-])CC1. The molecule has 0 atom stereocenters. The Kier molecular flexibility index (Phi) is 5.76. The van der Waals surface area contributed by atoms with Crippen molar-refractivity contribution >= 4 is 44.6 Å². The lowest BCUT2D eigenvalue weighted by Crippen LogP contribution is -2.49. The van der Waals surface area contributed by atoms with E-state index in [9.17, 15) is 23.3 Å². The topological polar surface area (TPSA) is 104 Å². The number of benzene rings is 2. The summed E-state index contributed by atoms with van der Waals surface area (Å²) in [5, 5.41) is 11.7. The van der Waals surface area contributed by atoms with E-state index >= 15 is 0 Å². The van der Waals surface area contributed by atoms with Crippen LogP contribution in [0.25, 0.3) is 0 Å². The summed E-state index contributed by atoms with van der Waals surface area (Å²) in [6.07, 6.45) is 0.569. The van der Waals surface area contributed by atoms with Crippen molar-refractivity contribution in [3.63, 3.8) is 0 Å². The molecule has 31 heavy (non-hydrogen) atoms. The molecule has 1 amide bonds. The molecule has 2 aliphatic rings. The molecule has 164 valence electrons. The third-order valence-corrected chi connectivity index (χ3v) is 7.63. The first-order chi connectivity index (χ1) is 14.8. The van der Waals surface area contributed by atoms with Gasteiger partial charge in [-0.15, -0.1) is 0 Å². The summed E-state index contributed by atoms with van der Waals surface area (Å²) in [4.78, 5) is 27.5. The van der Waals surface area contributed by atoms with Crippen LogP contribution in [-0.2, 0) is 10.0 Å². The van der Waals surface area contributed by atoms with Gasteiger partial charge in [-0.2, -0.15) is 0 Å². The van der Waals surface area contributed by atoms with Crippen LogP contribution in [0.15, 0.2) is 42.5 Å². The Balaban J connectivity index is 1.47. The zero-order valence-corrected chi connectivity index (χ0v) is 18.2. The van der Waals surface area contributed by atoms with Crippen LogP contribution in [0.3, 0.4) is 0 Å². The number of anilines is 2. The molecule has 2 saturated heterocycles. The van der Waals surface area contributed by atoms with Crippen LogP contribution in [-0.4, -0.2) is 62.6 Å². The van der Waals surface area contributed by atoms with Gasteiger partial charge in [-0.3, -0.25) is 19.2 Å². The molecule has 0 bridgehead atoms. The Morgan fingerprint density at radius 1 is 1.03 bits per heavy atom. The molecule has 0 N–H and O–H groups in total. The normalized spacial score (nSPS) is 18.3. The molecule has 0 aromatic heterocycles. The Morgan fingerprint density at radius 3 is 2.42 bits per heavy atom. The number of nitro groups is 1. The monoisotopic (exact) mass is 464 g/mol. The number of hydrogen-bond donors (Lipinski definition) is 0. The number of nitro benzene ring substituents is 1. The molecule has 2 fully saturated rings. The van der Waals surface area contributed by atoms with E-state index in [0.29, 0.717) is 61.1 Å².